The molecule has 1 amide bonds. The molecule has 0 aliphatic carbocycles. The van der Waals surface area contributed by atoms with Gasteiger partial charge in [0.15, 0.2) is 0 Å². The number of aromatic nitrogens is 2. The lowest BCUT2D eigenvalue weighted by Gasteiger charge is -2.39. The van der Waals surface area contributed by atoms with Crippen molar-refractivity contribution < 1.29 is 9.18 Å². The number of benzene rings is 1. The summed E-state index contributed by atoms with van der Waals surface area (Å²) in [4.78, 5) is 26.2. The molecule has 9 heteroatoms. The average molecular weight is 507 g/mol. The Bertz CT molecular complexity index is 1110. The van der Waals surface area contributed by atoms with Gasteiger partial charge in [-0.1, -0.05) is 24.3 Å². The van der Waals surface area contributed by atoms with Crippen LogP contribution in [0.3, 0.4) is 0 Å². The molecule has 7 nitrogen and oxygen atoms in total. The number of rotatable bonds is 8. The summed E-state index contributed by atoms with van der Waals surface area (Å²) in [5.74, 6) is 0.575. The molecule has 0 bridgehead atoms. The van der Waals surface area contributed by atoms with Crippen molar-refractivity contribution >= 4 is 17.7 Å². The van der Waals surface area contributed by atoms with E-state index in [-0.39, 0.29) is 29.2 Å². The molecule has 2 aliphatic rings. The Morgan fingerprint density at radius 3 is 2.64 bits per heavy atom. The molecule has 5 rings (SSSR count). The number of amides is 1. The lowest BCUT2D eigenvalue weighted by Crippen LogP contribution is -2.50. The van der Waals surface area contributed by atoms with Crippen LogP contribution in [0.1, 0.15) is 28.2 Å². The highest BCUT2D eigenvalue weighted by Gasteiger charge is 2.31. The summed E-state index contributed by atoms with van der Waals surface area (Å²) in [6.07, 6.45) is 5.41. The largest absolute Gasteiger partial charge is 0.353 e. The molecule has 0 spiro atoms. The van der Waals surface area contributed by atoms with Crippen molar-refractivity contribution in [2.75, 3.05) is 45.0 Å². The molecule has 36 heavy (non-hydrogen) atoms. The van der Waals surface area contributed by atoms with E-state index in [0.717, 1.165) is 55.3 Å². The number of pyridine rings is 2. The predicted octanol–water partition coefficient (Wildman–Crippen LogP) is 2.84. The molecule has 4 heterocycles. The lowest BCUT2D eigenvalue weighted by molar-refractivity contribution is -0.122. The fourth-order valence-electron chi connectivity index (χ4n) is 4.80. The van der Waals surface area contributed by atoms with Gasteiger partial charge in [-0.15, -0.1) is 11.8 Å². The number of hydrogen-bond donors (Lipinski definition) is 2. The van der Waals surface area contributed by atoms with Crippen molar-refractivity contribution in [1.29, 1.82) is 0 Å². The molecule has 2 aromatic heterocycles. The van der Waals surface area contributed by atoms with E-state index in [4.69, 9.17) is 0 Å². The number of halogens is 1. The second-order valence-corrected chi connectivity index (χ2v) is 10.2. The Labute approximate surface area is 215 Å². The van der Waals surface area contributed by atoms with Crippen LogP contribution in [0.15, 0.2) is 73.2 Å². The zero-order chi connectivity index (χ0) is 24.7. The predicted molar refractivity (Wildman–Crippen MR) is 140 cm³/mol. The molecule has 0 radical (unpaired) electrons. The second-order valence-electron chi connectivity index (χ2n) is 9.10. The van der Waals surface area contributed by atoms with Gasteiger partial charge in [0, 0.05) is 63.6 Å². The first-order chi connectivity index (χ1) is 17.7. The van der Waals surface area contributed by atoms with E-state index < -0.39 is 0 Å². The van der Waals surface area contributed by atoms with Crippen LogP contribution < -0.4 is 10.6 Å². The molecule has 0 saturated carbocycles. The van der Waals surface area contributed by atoms with Crippen LogP contribution in [-0.2, 0) is 4.79 Å². The Hall–Kier alpha value is -2.85. The first-order valence-corrected chi connectivity index (χ1v) is 13.4. The van der Waals surface area contributed by atoms with E-state index >= 15 is 0 Å². The molecule has 2 aliphatic heterocycles. The maximum absolute atomic E-state index is 13.5. The third-order valence-corrected chi connectivity index (χ3v) is 8.01. The number of piperazine rings is 1. The summed E-state index contributed by atoms with van der Waals surface area (Å²) in [5.41, 5.74) is 3.11. The van der Waals surface area contributed by atoms with Crippen molar-refractivity contribution in [2.24, 2.45) is 0 Å². The summed E-state index contributed by atoms with van der Waals surface area (Å²) in [6, 6.07) is 16.4. The molecular formula is C27H31FN6OS. The third-order valence-electron chi connectivity index (χ3n) is 6.74. The van der Waals surface area contributed by atoms with Gasteiger partial charge in [-0.3, -0.25) is 29.9 Å². The van der Waals surface area contributed by atoms with Crippen molar-refractivity contribution in [3.05, 3.63) is 95.8 Å². The normalized spacial score (nSPS) is 21.8. The molecule has 2 N–H and O–H groups in total. The van der Waals surface area contributed by atoms with Crippen molar-refractivity contribution in [2.45, 2.75) is 17.5 Å². The highest BCUT2D eigenvalue weighted by molar-refractivity contribution is 7.99. The first kappa shape index (κ1) is 24.8. The number of nitrogens with one attached hydrogen (secondary N) is 2. The van der Waals surface area contributed by atoms with Crippen molar-refractivity contribution in [3.63, 3.8) is 0 Å². The van der Waals surface area contributed by atoms with E-state index in [2.05, 4.69) is 30.4 Å². The fraction of sp³-hybridized carbons (Fsp3) is 0.370. The van der Waals surface area contributed by atoms with Crippen LogP contribution in [-0.4, -0.2) is 76.7 Å². The van der Waals surface area contributed by atoms with Gasteiger partial charge in [-0.2, -0.15) is 0 Å². The standard InChI is InChI=1S/C27H31FN6OS/c28-22-8-6-20(7-9-22)25(23-5-1-2-11-30-23)34-16-14-33(15-17-34)13-12-31-26(35)24-19-36-27(32-24)21-4-3-10-29-18-21/h1-11,18,24-25,27,32H,12-17,19H2,(H,31,35). The summed E-state index contributed by atoms with van der Waals surface area (Å²) in [6.45, 7) is 5.00. The van der Waals surface area contributed by atoms with E-state index in [1.165, 1.54) is 12.1 Å². The first-order valence-electron chi connectivity index (χ1n) is 12.4. The quantitative estimate of drug-likeness (QED) is 0.487. The van der Waals surface area contributed by atoms with Crippen LogP contribution >= 0.6 is 11.8 Å². The second kappa shape index (κ2) is 11.9. The Morgan fingerprint density at radius 1 is 1.08 bits per heavy atom. The number of hydrogen-bond acceptors (Lipinski definition) is 7. The Balaban J connectivity index is 1.10. The molecule has 2 fully saturated rings. The van der Waals surface area contributed by atoms with E-state index in [9.17, 15) is 9.18 Å². The van der Waals surface area contributed by atoms with Gasteiger partial charge >= 0.3 is 0 Å². The number of carbonyl (C=O) groups is 1. The summed E-state index contributed by atoms with van der Waals surface area (Å²) in [7, 11) is 0. The van der Waals surface area contributed by atoms with Crippen LogP contribution in [0.5, 0.6) is 0 Å². The number of nitrogens with zero attached hydrogens (tertiary/aromatic N) is 4. The van der Waals surface area contributed by atoms with Crippen LogP contribution in [0, 0.1) is 5.82 Å². The monoisotopic (exact) mass is 506 g/mol. The van der Waals surface area contributed by atoms with Gasteiger partial charge in [0.05, 0.1) is 23.2 Å². The van der Waals surface area contributed by atoms with Gasteiger partial charge in [-0.25, -0.2) is 4.39 Å². The smallest absolute Gasteiger partial charge is 0.238 e. The fourth-order valence-corrected chi connectivity index (χ4v) is 6.03. The van der Waals surface area contributed by atoms with Crippen molar-refractivity contribution in [1.82, 2.24) is 30.4 Å². The average Bonchev–Trinajstić information content (AvgIpc) is 3.43. The summed E-state index contributed by atoms with van der Waals surface area (Å²) >= 11 is 1.74. The number of thioether (sulfide) groups is 1. The minimum Gasteiger partial charge on any atom is -0.353 e. The minimum absolute atomic E-state index is 0.00708. The van der Waals surface area contributed by atoms with Crippen molar-refractivity contribution in [3.8, 4) is 0 Å². The highest BCUT2D eigenvalue weighted by atomic mass is 32.2. The molecular weight excluding hydrogens is 475 g/mol. The molecule has 3 atom stereocenters. The van der Waals surface area contributed by atoms with E-state index in [0.29, 0.717) is 6.54 Å². The molecule has 188 valence electrons. The van der Waals surface area contributed by atoms with Crippen LogP contribution in [0.4, 0.5) is 4.39 Å². The zero-order valence-electron chi connectivity index (χ0n) is 20.1. The lowest BCUT2D eigenvalue weighted by atomic mass is 10.0. The molecule has 3 unspecified atom stereocenters. The van der Waals surface area contributed by atoms with Gasteiger partial charge in [0.25, 0.3) is 0 Å². The number of carbonyl (C=O) groups excluding carboxylic acids is 1. The topological polar surface area (TPSA) is 73.4 Å². The molecule has 2 saturated heterocycles. The molecule has 1 aromatic carbocycles. The van der Waals surface area contributed by atoms with Crippen LogP contribution in [0.25, 0.3) is 0 Å². The van der Waals surface area contributed by atoms with Gasteiger partial charge in [0.1, 0.15) is 5.82 Å². The maximum atomic E-state index is 13.5. The Kier molecular flexibility index (Phi) is 8.22. The highest BCUT2D eigenvalue weighted by Crippen LogP contribution is 2.32. The molecule has 3 aromatic rings. The maximum Gasteiger partial charge on any atom is 0.238 e. The van der Waals surface area contributed by atoms with Crippen LogP contribution in [0.2, 0.25) is 0 Å². The summed E-state index contributed by atoms with van der Waals surface area (Å²) in [5, 5.41) is 6.62. The van der Waals surface area contributed by atoms with Gasteiger partial charge < -0.3 is 5.32 Å². The van der Waals surface area contributed by atoms with E-state index in [1.54, 1.807) is 24.2 Å². The zero-order valence-corrected chi connectivity index (χ0v) is 20.9. The van der Waals surface area contributed by atoms with Gasteiger partial charge in [-0.05, 0) is 41.5 Å². The Morgan fingerprint density at radius 2 is 1.92 bits per heavy atom. The SMILES string of the molecule is O=C(NCCN1CCN(C(c2ccc(F)cc2)c2ccccn2)CC1)C1CSC(c2cccnc2)N1. The van der Waals surface area contributed by atoms with E-state index in [1.807, 2.05) is 48.7 Å². The third kappa shape index (κ3) is 6.10. The van der Waals surface area contributed by atoms with Gasteiger partial charge in [0.2, 0.25) is 5.91 Å². The minimum atomic E-state index is -0.232. The summed E-state index contributed by atoms with van der Waals surface area (Å²) < 4.78 is 13.5.